The molecule has 0 radical (unpaired) electrons. The van der Waals surface area contributed by atoms with Gasteiger partial charge in [0.1, 0.15) is 5.82 Å². The predicted molar refractivity (Wildman–Crippen MR) is 114 cm³/mol. The van der Waals surface area contributed by atoms with Gasteiger partial charge in [-0.1, -0.05) is 24.3 Å². The fourth-order valence-corrected chi connectivity index (χ4v) is 3.70. The third kappa shape index (κ3) is 5.70. The molecular weight excluding hydrogens is 385 g/mol. The van der Waals surface area contributed by atoms with Crippen molar-refractivity contribution in [1.82, 2.24) is 14.7 Å². The average Bonchev–Trinajstić information content (AvgIpc) is 2.75. The first kappa shape index (κ1) is 22.1. The van der Waals surface area contributed by atoms with Gasteiger partial charge in [-0.05, 0) is 30.8 Å². The molecule has 1 fully saturated rings. The van der Waals surface area contributed by atoms with Crippen molar-refractivity contribution in [2.75, 3.05) is 54.0 Å². The number of likely N-dealkylation sites (N-methyl/N-ethyl adjacent to an activating group) is 1. The van der Waals surface area contributed by atoms with Crippen molar-refractivity contribution < 1.29 is 18.7 Å². The van der Waals surface area contributed by atoms with Gasteiger partial charge < -0.3 is 14.4 Å². The van der Waals surface area contributed by atoms with Crippen molar-refractivity contribution in [3.63, 3.8) is 0 Å². The molecule has 2 aromatic carbocycles. The summed E-state index contributed by atoms with van der Waals surface area (Å²) in [6.45, 7) is 4.39. The maximum atomic E-state index is 13.9. The Morgan fingerprint density at radius 2 is 1.73 bits per heavy atom. The fourth-order valence-electron chi connectivity index (χ4n) is 3.70. The van der Waals surface area contributed by atoms with E-state index in [2.05, 4.69) is 4.90 Å². The Kier molecular flexibility index (Phi) is 7.65. The number of benzene rings is 2. The molecule has 1 amide bonds. The van der Waals surface area contributed by atoms with E-state index in [4.69, 9.17) is 9.47 Å². The first-order valence-electron chi connectivity index (χ1n) is 10.1. The summed E-state index contributed by atoms with van der Waals surface area (Å²) in [5, 5.41) is 0. The summed E-state index contributed by atoms with van der Waals surface area (Å²) in [6.07, 6.45) is 0. The molecule has 6 nitrogen and oxygen atoms in total. The number of ether oxygens (including phenoxy) is 2. The molecule has 7 heteroatoms. The van der Waals surface area contributed by atoms with E-state index in [0.29, 0.717) is 49.8 Å². The number of methoxy groups -OCH3 is 2. The number of amides is 1. The number of rotatable bonds is 8. The van der Waals surface area contributed by atoms with Gasteiger partial charge in [0.25, 0.3) is 0 Å². The molecule has 2 aromatic rings. The van der Waals surface area contributed by atoms with E-state index >= 15 is 0 Å². The third-order valence-electron chi connectivity index (χ3n) is 5.38. The zero-order valence-electron chi connectivity index (χ0n) is 17.9. The standard InChI is InChI=1S/C23H30FN3O3/c1-25(15-18-8-9-21(29-2)22(14-18)30-3)17-23(28)27-12-10-26(11-13-27)16-19-6-4-5-7-20(19)24/h4-9,14H,10-13,15-17H2,1-3H3. The molecule has 0 N–H and O–H groups in total. The topological polar surface area (TPSA) is 45.2 Å². The van der Waals surface area contributed by atoms with Crippen molar-refractivity contribution in [3.8, 4) is 11.5 Å². The maximum absolute atomic E-state index is 13.9. The summed E-state index contributed by atoms with van der Waals surface area (Å²) in [4.78, 5) is 18.8. The molecule has 0 saturated carbocycles. The van der Waals surface area contributed by atoms with Crippen LogP contribution in [-0.2, 0) is 17.9 Å². The minimum atomic E-state index is -0.173. The van der Waals surface area contributed by atoms with E-state index < -0.39 is 0 Å². The summed E-state index contributed by atoms with van der Waals surface area (Å²) in [7, 11) is 5.15. The van der Waals surface area contributed by atoms with E-state index in [1.54, 1.807) is 20.3 Å². The molecule has 0 bridgehead atoms. The minimum Gasteiger partial charge on any atom is -0.493 e. The van der Waals surface area contributed by atoms with Crippen molar-refractivity contribution >= 4 is 5.91 Å². The van der Waals surface area contributed by atoms with E-state index in [9.17, 15) is 9.18 Å². The molecule has 1 heterocycles. The first-order valence-corrected chi connectivity index (χ1v) is 10.1. The Balaban J connectivity index is 1.47. The lowest BCUT2D eigenvalue weighted by molar-refractivity contribution is -0.134. The lowest BCUT2D eigenvalue weighted by Crippen LogP contribution is -2.50. The third-order valence-corrected chi connectivity index (χ3v) is 5.38. The molecule has 162 valence electrons. The van der Waals surface area contributed by atoms with Crippen LogP contribution in [0.1, 0.15) is 11.1 Å². The quantitative estimate of drug-likeness (QED) is 0.663. The fraction of sp³-hybridized carbons (Fsp3) is 0.435. The lowest BCUT2D eigenvalue weighted by atomic mass is 10.2. The molecule has 0 spiro atoms. The molecule has 0 atom stereocenters. The summed E-state index contributed by atoms with van der Waals surface area (Å²) >= 11 is 0. The maximum Gasteiger partial charge on any atom is 0.236 e. The van der Waals surface area contributed by atoms with Gasteiger partial charge in [-0.3, -0.25) is 14.6 Å². The highest BCUT2D eigenvalue weighted by Gasteiger charge is 2.22. The largest absolute Gasteiger partial charge is 0.493 e. The number of carbonyl (C=O) groups is 1. The van der Waals surface area contributed by atoms with Gasteiger partial charge in [0.05, 0.1) is 20.8 Å². The highest BCUT2D eigenvalue weighted by molar-refractivity contribution is 5.78. The van der Waals surface area contributed by atoms with E-state index in [1.807, 2.05) is 47.2 Å². The summed E-state index contributed by atoms with van der Waals surface area (Å²) < 4.78 is 24.5. The van der Waals surface area contributed by atoms with Crippen LogP contribution in [-0.4, -0.2) is 74.6 Å². The van der Waals surface area contributed by atoms with Gasteiger partial charge in [0.15, 0.2) is 11.5 Å². The highest BCUT2D eigenvalue weighted by atomic mass is 19.1. The summed E-state index contributed by atoms with van der Waals surface area (Å²) in [6, 6.07) is 12.6. The molecule has 0 aromatic heterocycles. The Bertz CT molecular complexity index is 853. The normalized spacial score (nSPS) is 14.8. The molecular formula is C23H30FN3O3. The average molecular weight is 416 g/mol. The monoisotopic (exact) mass is 415 g/mol. The number of halogens is 1. The van der Waals surface area contributed by atoms with Crippen LogP contribution < -0.4 is 9.47 Å². The number of piperazine rings is 1. The molecule has 3 rings (SSSR count). The van der Waals surface area contributed by atoms with Crippen molar-refractivity contribution in [3.05, 3.63) is 59.4 Å². The van der Waals surface area contributed by atoms with Gasteiger partial charge in [-0.15, -0.1) is 0 Å². The smallest absolute Gasteiger partial charge is 0.236 e. The SMILES string of the molecule is COc1ccc(CN(C)CC(=O)N2CCN(Cc3ccccc3F)CC2)cc1OC. The molecule has 30 heavy (non-hydrogen) atoms. The van der Waals surface area contributed by atoms with Gasteiger partial charge >= 0.3 is 0 Å². The van der Waals surface area contributed by atoms with Crippen molar-refractivity contribution in [2.45, 2.75) is 13.1 Å². The van der Waals surface area contributed by atoms with Crippen molar-refractivity contribution in [1.29, 1.82) is 0 Å². The van der Waals surface area contributed by atoms with Crippen LogP contribution in [0.2, 0.25) is 0 Å². The summed E-state index contributed by atoms with van der Waals surface area (Å²) in [5.41, 5.74) is 1.75. The van der Waals surface area contributed by atoms with Gasteiger partial charge in [0, 0.05) is 44.8 Å². The summed E-state index contributed by atoms with van der Waals surface area (Å²) in [5.74, 6) is 1.31. The van der Waals surface area contributed by atoms with Crippen LogP contribution in [0.3, 0.4) is 0 Å². The predicted octanol–water partition coefficient (Wildman–Crippen LogP) is 2.62. The second-order valence-corrected chi connectivity index (χ2v) is 7.61. The first-order chi connectivity index (χ1) is 14.5. The Morgan fingerprint density at radius 3 is 2.40 bits per heavy atom. The van der Waals surface area contributed by atoms with Crippen LogP contribution in [0.15, 0.2) is 42.5 Å². The zero-order valence-corrected chi connectivity index (χ0v) is 17.9. The molecule has 1 aliphatic heterocycles. The van der Waals surface area contributed by atoms with E-state index in [0.717, 1.165) is 18.7 Å². The van der Waals surface area contributed by atoms with Gasteiger partial charge in [-0.2, -0.15) is 0 Å². The molecule has 1 saturated heterocycles. The van der Waals surface area contributed by atoms with Crippen molar-refractivity contribution in [2.24, 2.45) is 0 Å². The Labute approximate surface area is 177 Å². The zero-order chi connectivity index (χ0) is 21.5. The van der Waals surface area contributed by atoms with Crippen LogP contribution in [0, 0.1) is 5.82 Å². The Hall–Kier alpha value is -2.64. The lowest BCUT2D eigenvalue weighted by Gasteiger charge is -2.35. The second kappa shape index (κ2) is 10.4. The van der Waals surface area contributed by atoms with Crippen LogP contribution >= 0.6 is 0 Å². The number of nitrogens with zero attached hydrogens (tertiary/aromatic N) is 3. The number of hydrogen-bond donors (Lipinski definition) is 0. The number of hydrogen-bond acceptors (Lipinski definition) is 5. The van der Waals surface area contributed by atoms with Gasteiger partial charge in [0.2, 0.25) is 5.91 Å². The molecule has 0 aliphatic carbocycles. The minimum absolute atomic E-state index is 0.114. The molecule has 1 aliphatic rings. The number of carbonyl (C=O) groups excluding carboxylic acids is 1. The van der Waals surface area contributed by atoms with E-state index in [-0.39, 0.29) is 11.7 Å². The van der Waals surface area contributed by atoms with Crippen LogP contribution in [0.4, 0.5) is 4.39 Å². The second-order valence-electron chi connectivity index (χ2n) is 7.61. The molecule has 0 unspecified atom stereocenters. The van der Waals surface area contributed by atoms with Crippen LogP contribution in [0.25, 0.3) is 0 Å². The van der Waals surface area contributed by atoms with Gasteiger partial charge in [-0.25, -0.2) is 4.39 Å². The highest BCUT2D eigenvalue weighted by Crippen LogP contribution is 2.27. The van der Waals surface area contributed by atoms with Crippen LogP contribution in [0.5, 0.6) is 11.5 Å². The Morgan fingerprint density at radius 1 is 1.03 bits per heavy atom. The van der Waals surface area contributed by atoms with E-state index in [1.165, 1.54) is 6.07 Å².